The molecule has 28 heavy (non-hydrogen) atoms. The Kier molecular flexibility index (Phi) is 9.73. The zero-order valence-corrected chi connectivity index (χ0v) is 17.9. The van der Waals surface area contributed by atoms with Gasteiger partial charge in [0.1, 0.15) is 0 Å². The quantitative estimate of drug-likeness (QED) is 0.404. The molecule has 0 amide bonds. The van der Waals surface area contributed by atoms with Gasteiger partial charge < -0.3 is 15.4 Å². The SMILES string of the molecule is CCNC(=NCc1ccccc1CC)NCCS(=O)(=O)NCC1CCCCO1. The fourth-order valence-corrected chi connectivity index (χ4v) is 4.08. The Balaban J connectivity index is 1.81. The maximum atomic E-state index is 12.2. The summed E-state index contributed by atoms with van der Waals surface area (Å²) in [6.07, 6.45) is 4.02. The fraction of sp³-hybridized carbons (Fsp3) is 0.650. The third-order valence-corrected chi connectivity index (χ3v) is 6.07. The van der Waals surface area contributed by atoms with Gasteiger partial charge in [0.2, 0.25) is 10.0 Å². The van der Waals surface area contributed by atoms with Crippen molar-refractivity contribution in [2.45, 2.75) is 52.2 Å². The largest absolute Gasteiger partial charge is 0.377 e. The van der Waals surface area contributed by atoms with E-state index in [0.717, 1.165) is 32.3 Å². The lowest BCUT2D eigenvalue weighted by atomic mass is 10.1. The molecule has 1 aromatic carbocycles. The van der Waals surface area contributed by atoms with E-state index < -0.39 is 10.0 Å². The lowest BCUT2D eigenvalue weighted by Gasteiger charge is -2.22. The highest BCUT2D eigenvalue weighted by molar-refractivity contribution is 7.89. The van der Waals surface area contributed by atoms with Crippen LogP contribution in [0.4, 0.5) is 0 Å². The van der Waals surface area contributed by atoms with Crippen molar-refractivity contribution in [2.24, 2.45) is 4.99 Å². The van der Waals surface area contributed by atoms with Crippen LogP contribution in [0.3, 0.4) is 0 Å². The van der Waals surface area contributed by atoms with E-state index in [4.69, 9.17) is 4.74 Å². The van der Waals surface area contributed by atoms with E-state index in [1.54, 1.807) is 0 Å². The summed E-state index contributed by atoms with van der Waals surface area (Å²) in [5, 5.41) is 6.27. The normalized spacial score (nSPS) is 18.1. The number of aryl methyl sites for hydroxylation is 1. The molecule has 0 bridgehead atoms. The van der Waals surface area contributed by atoms with Crippen molar-refractivity contribution in [1.29, 1.82) is 0 Å². The number of hydrogen-bond donors (Lipinski definition) is 3. The predicted octanol–water partition coefficient (Wildman–Crippen LogP) is 1.79. The molecule has 1 aliphatic rings. The maximum Gasteiger partial charge on any atom is 0.213 e. The second kappa shape index (κ2) is 12.0. The van der Waals surface area contributed by atoms with Gasteiger partial charge in [-0.05, 0) is 43.7 Å². The van der Waals surface area contributed by atoms with Gasteiger partial charge in [0, 0.05) is 26.2 Å². The highest BCUT2D eigenvalue weighted by Crippen LogP contribution is 2.12. The number of rotatable bonds is 10. The molecule has 1 atom stereocenters. The Morgan fingerprint density at radius 2 is 1.96 bits per heavy atom. The van der Waals surface area contributed by atoms with E-state index in [2.05, 4.69) is 39.4 Å². The second-order valence-electron chi connectivity index (χ2n) is 6.90. The van der Waals surface area contributed by atoms with Gasteiger partial charge in [-0.25, -0.2) is 18.1 Å². The molecule has 1 aromatic rings. The minimum Gasteiger partial charge on any atom is -0.377 e. The molecule has 0 aliphatic carbocycles. The lowest BCUT2D eigenvalue weighted by Crippen LogP contribution is -2.42. The number of ether oxygens (including phenoxy) is 1. The van der Waals surface area contributed by atoms with Crippen LogP contribution < -0.4 is 15.4 Å². The van der Waals surface area contributed by atoms with Crippen molar-refractivity contribution in [3.05, 3.63) is 35.4 Å². The molecule has 158 valence electrons. The Labute approximate surface area is 169 Å². The number of nitrogens with zero attached hydrogens (tertiary/aromatic N) is 1. The van der Waals surface area contributed by atoms with Gasteiger partial charge in [-0.15, -0.1) is 0 Å². The summed E-state index contributed by atoms with van der Waals surface area (Å²) >= 11 is 0. The topological polar surface area (TPSA) is 91.8 Å². The summed E-state index contributed by atoms with van der Waals surface area (Å²) in [5.41, 5.74) is 2.46. The Morgan fingerprint density at radius 3 is 2.64 bits per heavy atom. The van der Waals surface area contributed by atoms with E-state index in [-0.39, 0.29) is 11.9 Å². The average Bonchev–Trinajstić information content (AvgIpc) is 2.71. The molecule has 1 heterocycles. The summed E-state index contributed by atoms with van der Waals surface area (Å²) in [4.78, 5) is 4.59. The van der Waals surface area contributed by atoms with Crippen molar-refractivity contribution >= 4 is 16.0 Å². The van der Waals surface area contributed by atoms with Gasteiger partial charge in [-0.3, -0.25) is 0 Å². The lowest BCUT2D eigenvalue weighted by molar-refractivity contribution is 0.0200. The molecular weight excluding hydrogens is 376 g/mol. The van der Waals surface area contributed by atoms with E-state index in [0.29, 0.717) is 32.1 Å². The number of benzene rings is 1. The number of hydrogen-bond acceptors (Lipinski definition) is 4. The highest BCUT2D eigenvalue weighted by Gasteiger charge is 2.17. The molecule has 3 N–H and O–H groups in total. The zero-order valence-electron chi connectivity index (χ0n) is 17.0. The van der Waals surface area contributed by atoms with Gasteiger partial charge in [-0.2, -0.15) is 0 Å². The van der Waals surface area contributed by atoms with Crippen molar-refractivity contribution in [3.8, 4) is 0 Å². The Hall–Kier alpha value is -1.64. The standard InChI is InChI=1S/C20H34N4O3S/c1-3-17-9-5-6-10-18(17)15-23-20(21-4-2)22-12-14-28(25,26)24-16-19-11-7-8-13-27-19/h5-6,9-10,19,24H,3-4,7-8,11-16H2,1-2H3,(H2,21,22,23). The third-order valence-electron chi connectivity index (χ3n) is 4.72. The van der Waals surface area contributed by atoms with E-state index >= 15 is 0 Å². The molecule has 7 nitrogen and oxygen atoms in total. The molecule has 0 saturated carbocycles. The molecule has 8 heteroatoms. The number of guanidine groups is 1. The van der Waals surface area contributed by atoms with Gasteiger partial charge in [0.15, 0.2) is 5.96 Å². The smallest absolute Gasteiger partial charge is 0.213 e. The van der Waals surface area contributed by atoms with Crippen molar-refractivity contribution in [2.75, 3.05) is 32.0 Å². The first-order valence-corrected chi connectivity index (χ1v) is 11.9. The van der Waals surface area contributed by atoms with Crippen molar-refractivity contribution in [1.82, 2.24) is 15.4 Å². The predicted molar refractivity (Wildman–Crippen MR) is 114 cm³/mol. The van der Waals surface area contributed by atoms with Crippen LogP contribution >= 0.6 is 0 Å². The van der Waals surface area contributed by atoms with Gasteiger partial charge in [-0.1, -0.05) is 31.2 Å². The van der Waals surface area contributed by atoms with Crippen LogP contribution in [0, 0.1) is 0 Å². The fourth-order valence-electron chi connectivity index (χ4n) is 3.13. The summed E-state index contributed by atoms with van der Waals surface area (Å²) < 4.78 is 32.6. The molecule has 0 aromatic heterocycles. The minimum absolute atomic E-state index is 0.00428. The minimum atomic E-state index is -3.34. The number of sulfonamides is 1. The van der Waals surface area contributed by atoms with Crippen LogP contribution in [0.2, 0.25) is 0 Å². The summed E-state index contributed by atoms with van der Waals surface area (Å²) in [5.74, 6) is 0.620. The monoisotopic (exact) mass is 410 g/mol. The van der Waals surface area contributed by atoms with Crippen LogP contribution in [0.25, 0.3) is 0 Å². The maximum absolute atomic E-state index is 12.2. The first-order chi connectivity index (χ1) is 13.5. The molecule has 1 saturated heterocycles. The molecule has 0 spiro atoms. The molecule has 0 radical (unpaired) electrons. The summed E-state index contributed by atoms with van der Waals surface area (Å²) in [6, 6.07) is 8.23. The highest BCUT2D eigenvalue weighted by atomic mass is 32.2. The molecular formula is C20H34N4O3S. The van der Waals surface area contributed by atoms with Gasteiger partial charge >= 0.3 is 0 Å². The van der Waals surface area contributed by atoms with Crippen molar-refractivity contribution < 1.29 is 13.2 Å². The van der Waals surface area contributed by atoms with E-state index in [1.165, 1.54) is 11.1 Å². The average molecular weight is 411 g/mol. The first kappa shape index (κ1) is 22.6. The second-order valence-corrected chi connectivity index (χ2v) is 8.83. The summed E-state index contributed by atoms with van der Waals surface area (Å²) in [7, 11) is -3.34. The first-order valence-electron chi connectivity index (χ1n) is 10.2. The van der Waals surface area contributed by atoms with Crippen LogP contribution in [-0.2, 0) is 27.7 Å². The molecule has 1 aliphatic heterocycles. The molecule has 1 unspecified atom stereocenters. The molecule has 1 fully saturated rings. The third kappa shape index (κ3) is 8.16. The number of aliphatic imine (C=N–C) groups is 1. The van der Waals surface area contributed by atoms with Gasteiger partial charge in [0.25, 0.3) is 0 Å². The van der Waals surface area contributed by atoms with E-state index in [9.17, 15) is 8.42 Å². The Bertz CT molecular complexity index is 716. The molecule has 2 rings (SSSR count). The zero-order chi connectivity index (χ0) is 20.2. The Morgan fingerprint density at radius 1 is 1.18 bits per heavy atom. The van der Waals surface area contributed by atoms with Crippen LogP contribution in [0.1, 0.15) is 44.2 Å². The summed E-state index contributed by atoms with van der Waals surface area (Å²) in [6.45, 7) is 6.75. The van der Waals surface area contributed by atoms with Crippen LogP contribution in [-0.4, -0.2) is 52.5 Å². The van der Waals surface area contributed by atoms with Crippen molar-refractivity contribution in [3.63, 3.8) is 0 Å². The number of nitrogens with one attached hydrogen (secondary N) is 3. The van der Waals surface area contributed by atoms with Gasteiger partial charge in [0.05, 0.1) is 18.4 Å². The van der Waals surface area contributed by atoms with E-state index in [1.807, 2.05) is 19.1 Å². The van der Waals surface area contributed by atoms with Crippen LogP contribution in [0.5, 0.6) is 0 Å². The van der Waals surface area contributed by atoms with Crippen LogP contribution in [0.15, 0.2) is 29.3 Å².